The minimum Gasteiger partial charge on any atom is -0.496 e. The summed E-state index contributed by atoms with van der Waals surface area (Å²) in [7, 11) is -2.32. The third kappa shape index (κ3) is 4.80. The van der Waals surface area contributed by atoms with Gasteiger partial charge < -0.3 is 14.9 Å². The number of sulfonamides is 1. The molecule has 0 unspecified atom stereocenters. The molecule has 0 radical (unpaired) electrons. The van der Waals surface area contributed by atoms with Gasteiger partial charge >= 0.3 is 5.97 Å². The topological polar surface area (TPSA) is 113 Å². The normalized spacial score (nSPS) is 12.9. The molecule has 0 aliphatic heterocycles. The van der Waals surface area contributed by atoms with Crippen LogP contribution in [0.3, 0.4) is 0 Å². The van der Waals surface area contributed by atoms with Gasteiger partial charge in [-0.1, -0.05) is 18.2 Å². The molecule has 0 spiro atoms. The maximum absolute atomic E-state index is 11.8. The Morgan fingerprint density at radius 2 is 2.05 bits per heavy atom. The minimum absolute atomic E-state index is 0.178. The smallest absolute Gasteiger partial charge is 0.324 e. The van der Waals surface area contributed by atoms with Gasteiger partial charge in [0.05, 0.1) is 19.5 Å². The van der Waals surface area contributed by atoms with E-state index in [1.165, 1.54) is 7.11 Å². The summed E-state index contributed by atoms with van der Waals surface area (Å²) in [6, 6.07) is 5.43. The molecule has 1 rings (SSSR count). The number of aryl methyl sites for hydroxylation is 1. The van der Waals surface area contributed by atoms with Gasteiger partial charge in [-0.3, -0.25) is 4.79 Å². The number of rotatable bonds is 8. The Hall–Kier alpha value is -1.64. The van der Waals surface area contributed by atoms with Crippen LogP contribution in [0.15, 0.2) is 24.3 Å². The Kier molecular flexibility index (Phi) is 5.93. The summed E-state index contributed by atoms with van der Waals surface area (Å²) in [4.78, 5) is 10.7. The van der Waals surface area contributed by atoms with E-state index in [1.54, 1.807) is 24.3 Å². The zero-order valence-corrected chi connectivity index (χ0v) is 11.8. The van der Waals surface area contributed by atoms with Crippen LogP contribution in [0.2, 0.25) is 0 Å². The van der Waals surface area contributed by atoms with E-state index >= 15 is 0 Å². The number of aliphatic carboxylic acids is 1. The van der Waals surface area contributed by atoms with E-state index in [0.717, 1.165) is 0 Å². The molecule has 20 heavy (non-hydrogen) atoms. The average Bonchev–Trinajstić information content (AvgIpc) is 2.42. The Bertz CT molecular complexity index is 557. The Balaban J connectivity index is 2.70. The van der Waals surface area contributed by atoms with Crippen molar-refractivity contribution in [2.45, 2.75) is 12.5 Å². The first-order valence-corrected chi connectivity index (χ1v) is 7.50. The van der Waals surface area contributed by atoms with Crippen molar-refractivity contribution in [2.75, 3.05) is 19.5 Å². The third-order valence-electron chi connectivity index (χ3n) is 2.64. The minimum atomic E-state index is -3.81. The molecule has 0 saturated carbocycles. The molecule has 0 saturated heterocycles. The number of carboxylic acids is 1. The molecule has 0 aliphatic carbocycles. The number of carbonyl (C=O) groups is 1. The van der Waals surface area contributed by atoms with Crippen molar-refractivity contribution in [3.63, 3.8) is 0 Å². The first-order valence-electron chi connectivity index (χ1n) is 5.85. The lowest BCUT2D eigenvalue weighted by molar-refractivity contribution is -0.139. The van der Waals surface area contributed by atoms with Gasteiger partial charge in [0.15, 0.2) is 0 Å². The highest BCUT2D eigenvalue weighted by Gasteiger charge is 2.23. The summed E-state index contributed by atoms with van der Waals surface area (Å²) in [5.41, 5.74) is 0.705. The summed E-state index contributed by atoms with van der Waals surface area (Å²) in [6.45, 7) is -0.802. The first-order chi connectivity index (χ1) is 9.39. The van der Waals surface area contributed by atoms with E-state index in [0.29, 0.717) is 11.3 Å². The van der Waals surface area contributed by atoms with Crippen molar-refractivity contribution in [2.24, 2.45) is 0 Å². The highest BCUT2D eigenvalue weighted by molar-refractivity contribution is 7.89. The van der Waals surface area contributed by atoms with Crippen LogP contribution in [-0.2, 0) is 21.2 Å². The number of para-hydroxylation sites is 1. The number of carboxylic acid groups (broad SMARTS) is 1. The Labute approximate surface area is 117 Å². The molecular formula is C12H17NO6S. The molecule has 0 heterocycles. The van der Waals surface area contributed by atoms with E-state index in [1.807, 2.05) is 4.72 Å². The average molecular weight is 303 g/mol. The number of ether oxygens (including phenoxy) is 1. The summed E-state index contributed by atoms with van der Waals surface area (Å²) in [5, 5.41) is 17.5. The molecule has 1 atom stereocenters. The highest BCUT2D eigenvalue weighted by Crippen LogP contribution is 2.18. The number of benzene rings is 1. The molecular weight excluding hydrogens is 286 g/mol. The predicted molar refractivity (Wildman–Crippen MR) is 72.1 cm³/mol. The fraction of sp³-hybridized carbons (Fsp3) is 0.417. The maximum atomic E-state index is 11.8. The van der Waals surface area contributed by atoms with Crippen LogP contribution in [0.5, 0.6) is 5.75 Å². The maximum Gasteiger partial charge on any atom is 0.324 e. The van der Waals surface area contributed by atoms with E-state index < -0.39 is 28.6 Å². The number of aliphatic hydroxyl groups is 1. The van der Waals surface area contributed by atoms with Gasteiger partial charge in [0, 0.05) is 0 Å². The molecule has 0 bridgehead atoms. The molecule has 0 fully saturated rings. The summed E-state index contributed by atoms with van der Waals surface area (Å²) >= 11 is 0. The first kappa shape index (κ1) is 16.4. The van der Waals surface area contributed by atoms with Crippen LogP contribution in [0, 0.1) is 0 Å². The van der Waals surface area contributed by atoms with E-state index in [-0.39, 0.29) is 12.2 Å². The van der Waals surface area contributed by atoms with Gasteiger partial charge in [-0.2, -0.15) is 4.72 Å². The van der Waals surface area contributed by atoms with Crippen molar-refractivity contribution in [1.29, 1.82) is 0 Å². The number of hydrogen-bond acceptors (Lipinski definition) is 5. The lowest BCUT2D eigenvalue weighted by atomic mass is 10.1. The van der Waals surface area contributed by atoms with Gasteiger partial charge in [0.2, 0.25) is 10.0 Å². The molecule has 0 aliphatic rings. The van der Waals surface area contributed by atoms with Gasteiger partial charge in [-0.15, -0.1) is 0 Å². The molecule has 8 heteroatoms. The fourth-order valence-corrected chi connectivity index (χ4v) is 2.81. The lowest BCUT2D eigenvalue weighted by Crippen LogP contribution is -2.44. The van der Waals surface area contributed by atoms with Gasteiger partial charge in [-0.25, -0.2) is 8.42 Å². The monoisotopic (exact) mass is 303 g/mol. The van der Waals surface area contributed by atoms with Crippen molar-refractivity contribution >= 4 is 16.0 Å². The zero-order chi connectivity index (χ0) is 15.2. The Morgan fingerprint density at radius 1 is 1.40 bits per heavy atom. The van der Waals surface area contributed by atoms with E-state index in [4.69, 9.17) is 14.9 Å². The second-order valence-corrected chi connectivity index (χ2v) is 5.95. The van der Waals surface area contributed by atoms with Crippen LogP contribution in [0.25, 0.3) is 0 Å². The van der Waals surface area contributed by atoms with Crippen molar-refractivity contribution < 1.29 is 28.2 Å². The van der Waals surface area contributed by atoms with E-state index in [9.17, 15) is 13.2 Å². The van der Waals surface area contributed by atoms with Crippen molar-refractivity contribution in [3.05, 3.63) is 29.8 Å². The van der Waals surface area contributed by atoms with Gasteiger partial charge in [0.1, 0.15) is 11.8 Å². The second kappa shape index (κ2) is 7.22. The molecule has 0 aromatic heterocycles. The fourth-order valence-electron chi connectivity index (χ4n) is 1.60. The zero-order valence-electron chi connectivity index (χ0n) is 10.9. The standard InChI is InChI=1S/C12H17NO6S/c1-19-11-5-3-2-4-9(11)6-7-20(17,18)13-10(8-14)12(15)16/h2-5,10,13-14H,6-8H2,1H3,(H,15,16)/t10-/m1/s1. The van der Waals surface area contributed by atoms with Crippen LogP contribution >= 0.6 is 0 Å². The molecule has 7 nitrogen and oxygen atoms in total. The molecule has 0 amide bonds. The summed E-state index contributed by atoms with van der Waals surface area (Å²) in [6.07, 6.45) is 0.178. The quantitative estimate of drug-likeness (QED) is 0.602. The lowest BCUT2D eigenvalue weighted by Gasteiger charge is -2.13. The summed E-state index contributed by atoms with van der Waals surface area (Å²) in [5.74, 6) is -1.15. The number of hydrogen-bond donors (Lipinski definition) is 3. The van der Waals surface area contributed by atoms with Gasteiger partial charge in [0.25, 0.3) is 0 Å². The molecule has 1 aromatic rings. The molecule has 1 aromatic carbocycles. The predicted octanol–water partition coefficient (Wildman–Crippen LogP) is -0.397. The van der Waals surface area contributed by atoms with Crippen molar-refractivity contribution in [3.8, 4) is 5.75 Å². The summed E-state index contributed by atoms with van der Waals surface area (Å²) < 4.78 is 30.5. The van der Waals surface area contributed by atoms with Gasteiger partial charge in [-0.05, 0) is 18.1 Å². The van der Waals surface area contributed by atoms with Crippen LogP contribution < -0.4 is 9.46 Å². The third-order valence-corrected chi connectivity index (χ3v) is 4.02. The molecule has 3 N–H and O–H groups in total. The van der Waals surface area contributed by atoms with Crippen LogP contribution in [0.1, 0.15) is 5.56 Å². The highest BCUT2D eigenvalue weighted by atomic mass is 32.2. The number of aliphatic hydroxyl groups excluding tert-OH is 1. The van der Waals surface area contributed by atoms with Crippen LogP contribution in [-0.4, -0.2) is 50.1 Å². The number of methoxy groups -OCH3 is 1. The molecule has 112 valence electrons. The van der Waals surface area contributed by atoms with Crippen LogP contribution in [0.4, 0.5) is 0 Å². The SMILES string of the molecule is COc1ccccc1CCS(=O)(=O)N[C@H](CO)C(=O)O. The van der Waals surface area contributed by atoms with E-state index in [2.05, 4.69) is 0 Å². The largest absolute Gasteiger partial charge is 0.496 e. The number of nitrogens with one attached hydrogen (secondary N) is 1. The van der Waals surface area contributed by atoms with Crippen molar-refractivity contribution in [1.82, 2.24) is 4.72 Å². The second-order valence-electron chi connectivity index (χ2n) is 4.07. The Morgan fingerprint density at radius 3 is 2.60 bits per heavy atom.